The van der Waals surface area contributed by atoms with Crippen molar-refractivity contribution in [3.63, 3.8) is 0 Å². The lowest BCUT2D eigenvalue weighted by molar-refractivity contribution is 0.0729. The molecule has 2 aromatic carbocycles. The number of hydrogen-bond donors (Lipinski definition) is 1. The van der Waals surface area contributed by atoms with Crippen LogP contribution in [0.2, 0.25) is 0 Å². The van der Waals surface area contributed by atoms with Crippen molar-refractivity contribution >= 4 is 15.9 Å². The lowest BCUT2D eigenvalue weighted by Gasteiger charge is -2.26. The lowest BCUT2D eigenvalue weighted by Crippen LogP contribution is -2.41. The smallest absolute Gasteiger partial charge is 0.251 e. The number of hydrogen-bond acceptors (Lipinski definition) is 6. The van der Waals surface area contributed by atoms with Crippen molar-refractivity contribution in [1.82, 2.24) is 9.62 Å². The molecule has 168 valence electrons. The van der Waals surface area contributed by atoms with Gasteiger partial charge in [0.15, 0.2) is 0 Å². The topological polar surface area (TPSA) is 94.2 Å². The van der Waals surface area contributed by atoms with Gasteiger partial charge in [0.05, 0.1) is 32.1 Å². The van der Waals surface area contributed by atoms with E-state index in [9.17, 15) is 13.2 Å². The summed E-state index contributed by atoms with van der Waals surface area (Å²) in [6.07, 6.45) is 0. The summed E-state index contributed by atoms with van der Waals surface area (Å²) in [6.45, 7) is 3.74. The van der Waals surface area contributed by atoms with Gasteiger partial charge in [-0.2, -0.15) is 4.31 Å². The Morgan fingerprint density at radius 3 is 2.29 bits per heavy atom. The van der Waals surface area contributed by atoms with Crippen molar-refractivity contribution in [2.45, 2.75) is 18.7 Å². The van der Waals surface area contributed by atoms with E-state index in [0.717, 1.165) is 5.75 Å². The average molecular weight is 449 g/mol. The van der Waals surface area contributed by atoms with Gasteiger partial charge < -0.3 is 19.5 Å². The Bertz CT molecular complexity index is 955. The maximum atomic E-state index is 12.5. The van der Waals surface area contributed by atoms with E-state index in [-0.39, 0.29) is 17.7 Å². The van der Waals surface area contributed by atoms with Gasteiger partial charge >= 0.3 is 0 Å². The van der Waals surface area contributed by atoms with E-state index in [1.807, 2.05) is 6.92 Å². The second-order valence-electron chi connectivity index (χ2n) is 7.33. The summed E-state index contributed by atoms with van der Waals surface area (Å²) >= 11 is 0. The first-order valence-corrected chi connectivity index (χ1v) is 11.7. The zero-order valence-corrected chi connectivity index (χ0v) is 18.6. The summed E-state index contributed by atoms with van der Waals surface area (Å²) in [7, 11) is -1.80. The molecule has 1 fully saturated rings. The molecule has 0 unspecified atom stereocenters. The van der Waals surface area contributed by atoms with E-state index in [1.54, 1.807) is 55.6 Å². The maximum Gasteiger partial charge on any atom is 0.251 e. The molecule has 8 nitrogen and oxygen atoms in total. The number of ether oxygens (including phenoxy) is 3. The molecule has 9 heteroatoms. The van der Waals surface area contributed by atoms with Gasteiger partial charge in [0, 0.05) is 18.7 Å². The standard InChI is InChI=1S/C22H28N2O6S/c1-17(15-30-21-9-7-20(28-2)8-10-21)23-22(25)19-5-3-18(4-6-19)16-31(26,27)24-11-13-29-14-12-24/h3-10,17H,11-16H2,1-2H3,(H,23,25)/t17-/m0/s1. The molecule has 1 N–H and O–H groups in total. The summed E-state index contributed by atoms with van der Waals surface area (Å²) in [6, 6.07) is 13.6. The molecule has 0 bridgehead atoms. The number of methoxy groups -OCH3 is 1. The number of rotatable bonds is 9. The van der Waals surface area contributed by atoms with Crippen molar-refractivity contribution in [1.29, 1.82) is 0 Å². The van der Waals surface area contributed by atoms with Crippen molar-refractivity contribution in [3.05, 3.63) is 59.7 Å². The first-order valence-electron chi connectivity index (χ1n) is 10.1. The van der Waals surface area contributed by atoms with Crippen molar-refractivity contribution < 1.29 is 27.4 Å². The fraction of sp³-hybridized carbons (Fsp3) is 0.409. The van der Waals surface area contributed by atoms with Gasteiger partial charge in [-0.15, -0.1) is 0 Å². The molecular weight excluding hydrogens is 420 g/mol. The number of benzene rings is 2. The molecule has 3 rings (SSSR count). The molecule has 1 saturated heterocycles. The Hall–Kier alpha value is -2.62. The number of sulfonamides is 1. The largest absolute Gasteiger partial charge is 0.497 e. The van der Waals surface area contributed by atoms with Crippen LogP contribution in [0.15, 0.2) is 48.5 Å². The third-order valence-corrected chi connectivity index (χ3v) is 6.72. The van der Waals surface area contributed by atoms with Gasteiger partial charge in [-0.1, -0.05) is 12.1 Å². The first kappa shape index (κ1) is 23.1. The van der Waals surface area contributed by atoms with E-state index in [1.165, 1.54) is 4.31 Å². The molecule has 0 radical (unpaired) electrons. The van der Waals surface area contributed by atoms with Crippen LogP contribution in [0.3, 0.4) is 0 Å². The van der Waals surface area contributed by atoms with Crippen LogP contribution in [0.25, 0.3) is 0 Å². The molecule has 1 atom stereocenters. The van der Waals surface area contributed by atoms with Crippen LogP contribution in [-0.2, 0) is 20.5 Å². The highest BCUT2D eigenvalue weighted by Gasteiger charge is 2.24. The second kappa shape index (κ2) is 10.6. The highest BCUT2D eigenvalue weighted by Crippen LogP contribution is 2.17. The van der Waals surface area contributed by atoms with Crippen LogP contribution < -0.4 is 14.8 Å². The molecule has 1 heterocycles. The molecule has 0 spiro atoms. The summed E-state index contributed by atoms with van der Waals surface area (Å²) in [5.41, 5.74) is 1.10. The molecule has 31 heavy (non-hydrogen) atoms. The second-order valence-corrected chi connectivity index (χ2v) is 9.29. The number of nitrogens with zero attached hydrogens (tertiary/aromatic N) is 1. The molecule has 0 aliphatic carbocycles. The fourth-order valence-corrected chi connectivity index (χ4v) is 4.62. The normalized spacial score (nSPS) is 15.8. The molecule has 1 aliphatic heterocycles. The fourth-order valence-electron chi connectivity index (χ4n) is 3.12. The highest BCUT2D eigenvalue weighted by atomic mass is 32.2. The van der Waals surface area contributed by atoms with E-state index in [4.69, 9.17) is 14.2 Å². The van der Waals surface area contributed by atoms with Gasteiger partial charge in [0.2, 0.25) is 10.0 Å². The van der Waals surface area contributed by atoms with E-state index in [2.05, 4.69) is 5.32 Å². The number of nitrogens with one attached hydrogen (secondary N) is 1. The van der Waals surface area contributed by atoms with E-state index < -0.39 is 10.0 Å². The van der Waals surface area contributed by atoms with E-state index >= 15 is 0 Å². The third kappa shape index (κ3) is 6.68. The van der Waals surface area contributed by atoms with Gasteiger partial charge in [-0.3, -0.25) is 4.79 Å². The van der Waals surface area contributed by atoms with Crippen molar-refractivity contribution in [2.75, 3.05) is 40.0 Å². The zero-order chi connectivity index (χ0) is 22.3. The third-order valence-electron chi connectivity index (χ3n) is 4.87. The highest BCUT2D eigenvalue weighted by molar-refractivity contribution is 7.88. The Labute approximate surface area is 183 Å². The summed E-state index contributed by atoms with van der Waals surface area (Å²) in [4.78, 5) is 12.5. The minimum atomic E-state index is -3.40. The average Bonchev–Trinajstić information content (AvgIpc) is 2.79. The summed E-state index contributed by atoms with van der Waals surface area (Å²) in [5.74, 6) is 1.09. The van der Waals surface area contributed by atoms with Crippen LogP contribution >= 0.6 is 0 Å². The molecule has 0 aromatic heterocycles. The van der Waals surface area contributed by atoms with Crippen LogP contribution in [0.5, 0.6) is 11.5 Å². The quantitative estimate of drug-likeness (QED) is 0.631. The zero-order valence-electron chi connectivity index (χ0n) is 17.7. The molecule has 2 aromatic rings. The SMILES string of the molecule is COc1ccc(OC[C@H](C)NC(=O)c2ccc(CS(=O)(=O)N3CCOCC3)cc2)cc1. The summed E-state index contributed by atoms with van der Waals surface area (Å²) in [5, 5.41) is 2.88. The Balaban J connectivity index is 1.49. The molecule has 1 aliphatic rings. The summed E-state index contributed by atoms with van der Waals surface area (Å²) < 4.78 is 42.5. The molecule has 1 amide bonds. The minimum Gasteiger partial charge on any atom is -0.497 e. The predicted molar refractivity (Wildman–Crippen MR) is 117 cm³/mol. The van der Waals surface area contributed by atoms with Crippen LogP contribution in [0, 0.1) is 0 Å². The maximum absolute atomic E-state index is 12.5. The Kier molecular flexibility index (Phi) is 7.89. The van der Waals surface area contributed by atoms with Crippen LogP contribution in [-0.4, -0.2) is 64.7 Å². The monoisotopic (exact) mass is 448 g/mol. The number of carbonyl (C=O) groups is 1. The first-order chi connectivity index (χ1) is 14.9. The van der Waals surface area contributed by atoms with Crippen LogP contribution in [0.1, 0.15) is 22.8 Å². The lowest BCUT2D eigenvalue weighted by atomic mass is 10.1. The number of amides is 1. The predicted octanol–water partition coefficient (Wildman–Crippen LogP) is 2.05. The number of carbonyl (C=O) groups excluding carboxylic acids is 1. The molecule has 0 saturated carbocycles. The van der Waals surface area contributed by atoms with Crippen molar-refractivity contribution in [2.24, 2.45) is 0 Å². The van der Waals surface area contributed by atoms with E-state index in [0.29, 0.717) is 49.8 Å². The Morgan fingerprint density at radius 1 is 1.06 bits per heavy atom. The van der Waals surface area contributed by atoms with Gasteiger partial charge in [-0.25, -0.2) is 8.42 Å². The minimum absolute atomic E-state index is 0.0962. The Morgan fingerprint density at radius 2 is 1.68 bits per heavy atom. The van der Waals surface area contributed by atoms with Gasteiger partial charge in [-0.05, 0) is 48.9 Å². The van der Waals surface area contributed by atoms with Gasteiger partial charge in [0.25, 0.3) is 5.91 Å². The van der Waals surface area contributed by atoms with Crippen LogP contribution in [0.4, 0.5) is 0 Å². The van der Waals surface area contributed by atoms with Gasteiger partial charge in [0.1, 0.15) is 18.1 Å². The molecular formula is C22H28N2O6S. The number of morpholine rings is 1. The van der Waals surface area contributed by atoms with Crippen molar-refractivity contribution in [3.8, 4) is 11.5 Å².